The number of hydrogen-bond acceptors (Lipinski definition) is 2. The number of fused-ring (bicyclic) bond motifs is 5. The molecule has 3 heteroatoms. The maximum absolute atomic E-state index is 12.5. The van der Waals surface area contributed by atoms with E-state index >= 15 is 0 Å². The number of carbonyl (C=O) groups is 1. The smallest absolute Gasteiger partial charge is 0.147 e. The summed E-state index contributed by atoms with van der Waals surface area (Å²) in [4.78, 5) is 12.5. The second kappa shape index (κ2) is 6.33. The average molecular weight is 411 g/mol. The standard InChI is InChI=1S/C22H35BrO2/c1-13-10-16-14(15-6-8-21(2,25)11-17(13)15)7-9-22(3)18(16)4-5-19(22)20(24)12-23/h13-19,25H,4-12H2,1-3H3/t13-,14-,15-,16-,17-,18+,19-,21+,22+/m1/s1. The van der Waals surface area contributed by atoms with Crippen molar-refractivity contribution in [1.29, 1.82) is 0 Å². The maximum Gasteiger partial charge on any atom is 0.147 e. The Balaban J connectivity index is 1.58. The summed E-state index contributed by atoms with van der Waals surface area (Å²) in [5, 5.41) is 11.1. The molecular weight excluding hydrogens is 376 g/mol. The van der Waals surface area contributed by atoms with Crippen LogP contribution in [0.3, 0.4) is 0 Å². The van der Waals surface area contributed by atoms with Gasteiger partial charge in [-0.3, -0.25) is 4.79 Å². The molecular formula is C22H35BrO2. The minimum absolute atomic E-state index is 0.249. The number of ketones is 1. The molecule has 0 aromatic rings. The lowest BCUT2D eigenvalue weighted by atomic mass is 9.47. The summed E-state index contributed by atoms with van der Waals surface area (Å²) in [5.74, 6) is 5.44. The second-order valence-corrected chi connectivity index (χ2v) is 11.0. The van der Waals surface area contributed by atoms with Gasteiger partial charge in [0.1, 0.15) is 5.78 Å². The highest BCUT2D eigenvalue weighted by atomic mass is 79.9. The van der Waals surface area contributed by atoms with Crippen LogP contribution in [-0.4, -0.2) is 21.8 Å². The van der Waals surface area contributed by atoms with Crippen molar-refractivity contribution in [3.63, 3.8) is 0 Å². The van der Waals surface area contributed by atoms with Gasteiger partial charge >= 0.3 is 0 Å². The van der Waals surface area contributed by atoms with Crippen molar-refractivity contribution in [3.05, 3.63) is 0 Å². The molecule has 4 rings (SSSR count). The first-order valence-electron chi connectivity index (χ1n) is 10.6. The van der Waals surface area contributed by atoms with Crippen LogP contribution in [0.4, 0.5) is 0 Å². The lowest BCUT2D eigenvalue weighted by molar-refractivity contribution is -0.134. The number of rotatable bonds is 2. The Kier molecular flexibility index (Phi) is 4.68. The Morgan fingerprint density at radius 1 is 1.04 bits per heavy atom. The molecule has 4 aliphatic rings. The van der Waals surface area contributed by atoms with Gasteiger partial charge in [0, 0.05) is 5.92 Å². The second-order valence-electron chi connectivity index (χ2n) is 10.5. The molecule has 4 aliphatic carbocycles. The largest absolute Gasteiger partial charge is 0.390 e. The molecule has 0 heterocycles. The fraction of sp³-hybridized carbons (Fsp3) is 0.955. The Morgan fingerprint density at radius 3 is 2.44 bits per heavy atom. The quantitative estimate of drug-likeness (QED) is 0.633. The van der Waals surface area contributed by atoms with E-state index in [0.29, 0.717) is 11.1 Å². The molecule has 2 nitrogen and oxygen atoms in total. The normalized spacial score (nSPS) is 55.2. The highest BCUT2D eigenvalue weighted by molar-refractivity contribution is 9.09. The molecule has 0 aliphatic heterocycles. The number of Topliss-reactive ketones (excluding diaryl/α,β-unsaturated/α-hetero) is 1. The van der Waals surface area contributed by atoms with Crippen molar-refractivity contribution in [2.45, 2.75) is 77.7 Å². The van der Waals surface area contributed by atoms with Crippen LogP contribution in [0.2, 0.25) is 0 Å². The van der Waals surface area contributed by atoms with E-state index in [1.165, 1.54) is 32.1 Å². The van der Waals surface area contributed by atoms with Gasteiger partial charge in [0.15, 0.2) is 0 Å². The molecule has 0 aromatic carbocycles. The van der Waals surface area contributed by atoms with Gasteiger partial charge in [-0.05, 0) is 99.2 Å². The molecule has 0 saturated heterocycles. The molecule has 0 amide bonds. The van der Waals surface area contributed by atoms with E-state index in [0.717, 1.165) is 54.8 Å². The van der Waals surface area contributed by atoms with Crippen LogP contribution in [-0.2, 0) is 4.79 Å². The predicted octanol–water partition coefficient (Wildman–Crippen LogP) is 5.22. The summed E-state index contributed by atoms with van der Waals surface area (Å²) >= 11 is 3.43. The number of halogens is 1. The lowest BCUT2D eigenvalue weighted by Gasteiger charge is -2.58. The average Bonchev–Trinajstić information content (AvgIpc) is 2.91. The number of aliphatic hydroxyl groups is 1. The van der Waals surface area contributed by atoms with Crippen molar-refractivity contribution in [1.82, 2.24) is 0 Å². The summed E-state index contributed by atoms with van der Waals surface area (Å²) in [7, 11) is 0. The number of carbonyl (C=O) groups excluding carboxylic acids is 1. The Hall–Kier alpha value is 0.110. The molecule has 0 unspecified atom stereocenters. The summed E-state index contributed by atoms with van der Waals surface area (Å²) < 4.78 is 0. The Morgan fingerprint density at radius 2 is 1.72 bits per heavy atom. The van der Waals surface area contributed by atoms with E-state index in [2.05, 4.69) is 29.8 Å². The zero-order valence-electron chi connectivity index (χ0n) is 16.1. The van der Waals surface area contributed by atoms with Gasteiger partial charge in [-0.15, -0.1) is 0 Å². The molecule has 0 radical (unpaired) electrons. The summed E-state index contributed by atoms with van der Waals surface area (Å²) in [5.41, 5.74) is -0.190. The van der Waals surface area contributed by atoms with E-state index in [1.807, 2.05) is 6.92 Å². The number of hydrogen-bond donors (Lipinski definition) is 1. The molecule has 0 aromatic heterocycles. The van der Waals surface area contributed by atoms with Gasteiger partial charge in [-0.2, -0.15) is 0 Å². The third-order valence-electron chi connectivity index (χ3n) is 9.18. The first-order valence-corrected chi connectivity index (χ1v) is 11.7. The van der Waals surface area contributed by atoms with Crippen LogP contribution < -0.4 is 0 Å². The first-order chi connectivity index (χ1) is 11.8. The minimum Gasteiger partial charge on any atom is -0.390 e. The monoisotopic (exact) mass is 410 g/mol. The van der Waals surface area contributed by atoms with E-state index in [4.69, 9.17) is 0 Å². The summed E-state index contributed by atoms with van der Waals surface area (Å²) in [6.45, 7) is 6.93. The van der Waals surface area contributed by atoms with Crippen LogP contribution in [0.5, 0.6) is 0 Å². The third kappa shape index (κ3) is 2.87. The van der Waals surface area contributed by atoms with Crippen molar-refractivity contribution in [2.24, 2.45) is 46.8 Å². The highest BCUT2D eigenvalue weighted by Gasteiger charge is 2.59. The maximum atomic E-state index is 12.5. The van der Waals surface area contributed by atoms with E-state index < -0.39 is 5.60 Å². The highest BCUT2D eigenvalue weighted by Crippen LogP contribution is 2.65. The third-order valence-corrected chi connectivity index (χ3v) is 9.73. The molecule has 0 bridgehead atoms. The minimum atomic E-state index is -0.438. The van der Waals surface area contributed by atoms with Gasteiger partial charge in [0.2, 0.25) is 0 Å². The lowest BCUT2D eigenvalue weighted by Crippen LogP contribution is -2.53. The van der Waals surface area contributed by atoms with E-state index in [-0.39, 0.29) is 11.3 Å². The van der Waals surface area contributed by atoms with Crippen LogP contribution in [0.25, 0.3) is 0 Å². The molecule has 4 fully saturated rings. The van der Waals surface area contributed by atoms with Crippen molar-refractivity contribution < 1.29 is 9.90 Å². The zero-order chi connectivity index (χ0) is 18.0. The van der Waals surface area contributed by atoms with Crippen molar-refractivity contribution >= 4 is 21.7 Å². The molecule has 1 N–H and O–H groups in total. The molecule has 9 atom stereocenters. The van der Waals surface area contributed by atoms with Crippen molar-refractivity contribution in [3.8, 4) is 0 Å². The molecule has 142 valence electrons. The van der Waals surface area contributed by atoms with Gasteiger partial charge < -0.3 is 5.11 Å². The van der Waals surface area contributed by atoms with Crippen LogP contribution in [0.1, 0.15) is 72.1 Å². The Labute approximate surface area is 161 Å². The van der Waals surface area contributed by atoms with Crippen molar-refractivity contribution in [2.75, 3.05) is 5.33 Å². The van der Waals surface area contributed by atoms with Gasteiger partial charge in [-0.25, -0.2) is 0 Å². The van der Waals surface area contributed by atoms with Crippen LogP contribution in [0, 0.1) is 46.8 Å². The van der Waals surface area contributed by atoms with E-state index in [1.54, 1.807) is 0 Å². The fourth-order valence-electron chi connectivity index (χ4n) is 8.02. The van der Waals surface area contributed by atoms with Gasteiger partial charge in [0.25, 0.3) is 0 Å². The van der Waals surface area contributed by atoms with Crippen LogP contribution in [0.15, 0.2) is 0 Å². The Bertz CT molecular complexity index is 544. The topological polar surface area (TPSA) is 37.3 Å². The van der Waals surface area contributed by atoms with Gasteiger partial charge in [-0.1, -0.05) is 29.8 Å². The van der Waals surface area contributed by atoms with Gasteiger partial charge in [0.05, 0.1) is 10.9 Å². The predicted molar refractivity (Wildman–Crippen MR) is 105 cm³/mol. The van der Waals surface area contributed by atoms with E-state index in [9.17, 15) is 9.90 Å². The SMILES string of the molecule is C[C@@H]1C[C@@H]2[C@H](CC[C@]3(C)[C@@H](C(=O)CBr)CC[C@@H]23)[C@H]2CC[C@](C)(O)C[C@@H]21. The molecule has 4 saturated carbocycles. The molecule has 0 spiro atoms. The van der Waals surface area contributed by atoms with Crippen LogP contribution >= 0.6 is 15.9 Å². The summed E-state index contributed by atoms with van der Waals surface area (Å²) in [6, 6.07) is 0. The summed E-state index contributed by atoms with van der Waals surface area (Å²) in [6.07, 6.45) is 9.49. The fourth-order valence-corrected chi connectivity index (χ4v) is 8.41. The first kappa shape index (κ1) is 18.5. The molecule has 25 heavy (non-hydrogen) atoms. The number of alkyl halides is 1. The zero-order valence-corrected chi connectivity index (χ0v) is 17.7.